The third-order valence-corrected chi connectivity index (χ3v) is 16.1. The van der Waals surface area contributed by atoms with Crippen molar-refractivity contribution in [1.82, 2.24) is 5.32 Å². The van der Waals surface area contributed by atoms with Gasteiger partial charge in [-0.3, -0.25) is 9.59 Å². The zero-order valence-corrected chi connectivity index (χ0v) is 52.4. The lowest BCUT2D eigenvalue weighted by Crippen LogP contribution is -2.45. The summed E-state index contributed by atoms with van der Waals surface area (Å²) in [4.78, 5) is 24.6. The second kappa shape index (κ2) is 67.3. The number of ether oxygens (including phenoxy) is 1. The normalized spacial score (nSPS) is 12.8. The summed E-state index contributed by atoms with van der Waals surface area (Å²) >= 11 is 0. The maximum Gasteiger partial charge on any atom is 0.305 e. The number of rotatable bonds is 65. The van der Waals surface area contributed by atoms with Gasteiger partial charge in [0.1, 0.15) is 0 Å². The molecule has 0 saturated heterocycles. The maximum atomic E-state index is 12.5. The first kappa shape index (κ1) is 75.8. The number of carbonyl (C=O) groups excluding carboxylic acids is 2. The minimum Gasteiger partial charge on any atom is -0.466 e. The van der Waals surface area contributed by atoms with E-state index < -0.39 is 12.1 Å². The summed E-state index contributed by atoms with van der Waals surface area (Å²) in [6, 6.07) is -0.632. The highest BCUT2D eigenvalue weighted by molar-refractivity contribution is 5.76. The Hall–Kier alpha value is -2.18. The molecule has 0 aliphatic heterocycles. The van der Waals surface area contributed by atoms with Gasteiger partial charge in [0.05, 0.1) is 25.4 Å². The van der Waals surface area contributed by atoms with Crippen LogP contribution in [0, 0.1) is 0 Å². The number of amides is 1. The molecule has 0 aliphatic carbocycles. The van der Waals surface area contributed by atoms with Crippen LogP contribution in [0.2, 0.25) is 0 Å². The lowest BCUT2D eigenvalue weighted by molar-refractivity contribution is -0.143. The SMILES string of the molecule is CCCC/C=C\C/C=C\CCCCCCCC(=O)OCCCCCCCCCCCCCC/C=C\CCCCCCCCCCCC(=O)NC(CO)C(O)/C=C/CCCCCCCCCCCCCCCCCCCCCC. The Morgan fingerprint density at radius 3 is 1.03 bits per heavy atom. The molecule has 0 rings (SSSR count). The Morgan fingerprint density at radius 2 is 0.654 bits per heavy atom. The number of hydrogen-bond acceptors (Lipinski definition) is 5. The van der Waals surface area contributed by atoms with E-state index in [2.05, 4.69) is 55.6 Å². The van der Waals surface area contributed by atoms with Crippen LogP contribution < -0.4 is 5.32 Å². The van der Waals surface area contributed by atoms with Crippen molar-refractivity contribution in [3.63, 3.8) is 0 Å². The van der Waals surface area contributed by atoms with E-state index >= 15 is 0 Å². The fourth-order valence-electron chi connectivity index (χ4n) is 10.7. The third kappa shape index (κ3) is 63.0. The van der Waals surface area contributed by atoms with E-state index in [0.29, 0.717) is 19.4 Å². The van der Waals surface area contributed by atoms with Gasteiger partial charge in [-0.05, 0) is 83.5 Å². The van der Waals surface area contributed by atoms with Gasteiger partial charge in [-0.15, -0.1) is 0 Å². The molecule has 0 heterocycles. The molecule has 0 aromatic carbocycles. The zero-order valence-electron chi connectivity index (χ0n) is 52.4. The standard InChI is InChI=1S/C72H135NO5/c1-3-5-7-9-11-13-15-17-19-20-21-22-28-31-34-37-40-44-48-52-56-60-64-70(75)69(68-74)73-71(76)65-61-57-53-49-45-41-38-35-32-29-26-24-23-25-27-30-33-36-39-43-47-51-55-59-63-67-78-72(77)66-62-58-54-50-46-42-18-16-14-12-10-8-6-4-2/h10,12,16,18,24,26,60,64,69-70,74-75H,3-9,11,13-15,17,19-23,25,27-59,61-63,65-68H2,1-2H3,(H,73,76)/b12-10-,18-16-,26-24-,64-60+. The molecule has 0 bridgehead atoms. The van der Waals surface area contributed by atoms with Crippen molar-refractivity contribution in [3.8, 4) is 0 Å². The van der Waals surface area contributed by atoms with Crippen molar-refractivity contribution in [1.29, 1.82) is 0 Å². The van der Waals surface area contributed by atoms with Crippen LogP contribution in [0.4, 0.5) is 0 Å². The molecule has 0 aromatic heterocycles. The second-order valence-electron chi connectivity index (χ2n) is 23.9. The van der Waals surface area contributed by atoms with Gasteiger partial charge in [-0.1, -0.05) is 326 Å². The molecule has 0 radical (unpaired) electrons. The molecular weight excluding hydrogens is 959 g/mol. The van der Waals surface area contributed by atoms with Gasteiger partial charge in [0.15, 0.2) is 0 Å². The summed E-state index contributed by atoms with van der Waals surface area (Å²) < 4.78 is 5.48. The summed E-state index contributed by atoms with van der Waals surface area (Å²) in [5.74, 6) is -0.0696. The quantitative estimate of drug-likeness (QED) is 0.0320. The van der Waals surface area contributed by atoms with Crippen molar-refractivity contribution in [2.24, 2.45) is 0 Å². The molecule has 458 valence electrons. The smallest absolute Gasteiger partial charge is 0.305 e. The van der Waals surface area contributed by atoms with Gasteiger partial charge in [-0.2, -0.15) is 0 Å². The van der Waals surface area contributed by atoms with Crippen molar-refractivity contribution in [2.75, 3.05) is 13.2 Å². The topological polar surface area (TPSA) is 95.9 Å². The number of carbonyl (C=O) groups is 2. The average Bonchev–Trinajstić information content (AvgIpc) is 3.44. The van der Waals surface area contributed by atoms with E-state index in [-0.39, 0.29) is 18.5 Å². The number of aliphatic hydroxyl groups excluding tert-OH is 2. The third-order valence-electron chi connectivity index (χ3n) is 16.1. The predicted molar refractivity (Wildman–Crippen MR) is 342 cm³/mol. The molecule has 2 unspecified atom stereocenters. The Morgan fingerprint density at radius 1 is 0.359 bits per heavy atom. The Balaban J connectivity index is 3.44. The molecule has 0 fully saturated rings. The average molecular weight is 1090 g/mol. The minimum atomic E-state index is -0.848. The lowest BCUT2D eigenvalue weighted by atomic mass is 10.0. The van der Waals surface area contributed by atoms with Crippen molar-refractivity contribution in [3.05, 3.63) is 48.6 Å². The largest absolute Gasteiger partial charge is 0.466 e. The first-order chi connectivity index (χ1) is 38.5. The van der Waals surface area contributed by atoms with Crippen LogP contribution in [-0.2, 0) is 14.3 Å². The van der Waals surface area contributed by atoms with Gasteiger partial charge in [0.25, 0.3) is 0 Å². The monoisotopic (exact) mass is 1090 g/mol. The molecule has 0 saturated carbocycles. The number of hydrogen-bond donors (Lipinski definition) is 3. The van der Waals surface area contributed by atoms with E-state index in [1.165, 1.54) is 295 Å². The number of unbranched alkanes of at least 4 members (excludes halogenated alkanes) is 48. The molecule has 0 aromatic rings. The van der Waals surface area contributed by atoms with Crippen LogP contribution in [0.3, 0.4) is 0 Å². The molecule has 2 atom stereocenters. The summed E-state index contributed by atoms with van der Waals surface area (Å²) in [7, 11) is 0. The van der Waals surface area contributed by atoms with Crippen LogP contribution in [0.5, 0.6) is 0 Å². The van der Waals surface area contributed by atoms with Gasteiger partial charge in [0.2, 0.25) is 5.91 Å². The van der Waals surface area contributed by atoms with E-state index in [1.807, 2.05) is 6.08 Å². The van der Waals surface area contributed by atoms with Gasteiger partial charge in [-0.25, -0.2) is 0 Å². The molecule has 78 heavy (non-hydrogen) atoms. The molecule has 1 amide bonds. The molecule has 0 spiro atoms. The van der Waals surface area contributed by atoms with Crippen molar-refractivity contribution < 1.29 is 24.5 Å². The molecular formula is C72H135NO5. The van der Waals surface area contributed by atoms with E-state index in [0.717, 1.165) is 51.4 Å². The fraction of sp³-hybridized carbons (Fsp3) is 0.861. The van der Waals surface area contributed by atoms with Crippen LogP contribution >= 0.6 is 0 Å². The van der Waals surface area contributed by atoms with Crippen LogP contribution in [0.15, 0.2) is 48.6 Å². The van der Waals surface area contributed by atoms with Gasteiger partial charge in [0, 0.05) is 12.8 Å². The van der Waals surface area contributed by atoms with E-state index in [1.54, 1.807) is 6.08 Å². The molecule has 6 nitrogen and oxygen atoms in total. The number of allylic oxidation sites excluding steroid dienone is 7. The Kier molecular flexibility index (Phi) is 65.4. The fourth-order valence-corrected chi connectivity index (χ4v) is 10.7. The Bertz CT molecular complexity index is 1310. The highest BCUT2D eigenvalue weighted by Gasteiger charge is 2.18. The molecule has 6 heteroatoms. The van der Waals surface area contributed by atoms with Crippen LogP contribution in [0.25, 0.3) is 0 Å². The molecule has 0 aliphatic rings. The summed E-state index contributed by atoms with van der Waals surface area (Å²) in [5, 5.41) is 23.3. The van der Waals surface area contributed by atoms with Crippen molar-refractivity contribution >= 4 is 11.9 Å². The van der Waals surface area contributed by atoms with E-state index in [9.17, 15) is 19.8 Å². The summed E-state index contributed by atoms with van der Waals surface area (Å²) in [6.45, 7) is 4.88. The predicted octanol–water partition coefficient (Wildman–Crippen LogP) is 22.5. The summed E-state index contributed by atoms with van der Waals surface area (Å²) in [5.41, 5.74) is 0. The molecule has 3 N–H and O–H groups in total. The first-order valence-electron chi connectivity index (χ1n) is 34.9. The highest BCUT2D eigenvalue weighted by atomic mass is 16.5. The highest BCUT2D eigenvalue weighted by Crippen LogP contribution is 2.18. The minimum absolute atomic E-state index is 0.00151. The number of nitrogens with one attached hydrogen (secondary N) is 1. The number of esters is 1. The zero-order chi connectivity index (χ0) is 56.4. The number of aliphatic hydroxyl groups is 2. The maximum absolute atomic E-state index is 12.5. The Labute approximate surface area is 486 Å². The van der Waals surface area contributed by atoms with Gasteiger partial charge >= 0.3 is 5.97 Å². The van der Waals surface area contributed by atoms with Crippen LogP contribution in [0.1, 0.15) is 373 Å². The van der Waals surface area contributed by atoms with Crippen LogP contribution in [-0.4, -0.2) is 47.4 Å². The first-order valence-corrected chi connectivity index (χ1v) is 34.9. The second-order valence-corrected chi connectivity index (χ2v) is 23.9. The summed E-state index contributed by atoms with van der Waals surface area (Å²) in [6.07, 6.45) is 87.5. The lowest BCUT2D eigenvalue weighted by Gasteiger charge is -2.20. The van der Waals surface area contributed by atoms with E-state index in [4.69, 9.17) is 4.74 Å². The van der Waals surface area contributed by atoms with Crippen molar-refractivity contribution in [2.45, 2.75) is 386 Å². The van der Waals surface area contributed by atoms with Gasteiger partial charge < -0.3 is 20.3 Å².